The number of fused-ring (bicyclic) bond motifs is 2. The van der Waals surface area contributed by atoms with Crippen molar-refractivity contribution < 1.29 is 9.90 Å². The van der Waals surface area contributed by atoms with Crippen LogP contribution in [0.5, 0.6) is 5.75 Å². The van der Waals surface area contributed by atoms with Crippen molar-refractivity contribution in [1.82, 2.24) is 4.90 Å². The minimum absolute atomic E-state index is 0.303. The van der Waals surface area contributed by atoms with Crippen LogP contribution >= 0.6 is 0 Å². The van der Waals surface area contributed by atoms with Gasteiger partial charge in [-0.3, -0.25) is 4.79 Å². The molecule has 2 atom stereocenters. The molecule has 1 aromatic carbocycles. The fraction of sp³-hybridized carbons (Fsp3) is 0.500. The Morgan fingerprint density at radius 1 is 1.35 bits per heavy atom. The number of rotatable bonds is 3. The molecule has 1 saturated carbocycles. The zero-order valence-electron chi connectivity index (χ0n) is 9.80. The Morgan fingerprint density at radius 2 is 2.24 bits per heavy atom. The van der Waals surface area contributed by atoms with Crippen LogP contribution in [0.1, 0.15) is 24.8 Å². The molecule has 1 aliphatic carbocycles. The maximum atomic E-state index is 11.9. The monoisotopic (exact) mass is 231 g/mol. The van der Waals surface area contributed by atoms with Crippen molar-refractivity contribution in [3.05, 3.63) is 29.8 Å². The molecule has 1 amide bonds. The number of benzene rings is 1. The Morgan fingerprint density at radius 3 is 2.94 bits per heavy atom. The summed E-state index contributed by atoms with van der Waals surface area (Å²) >= 11 is 0. The van der Waals surface area contributed by atoms with Gasteiger partial charge in [0.1, 0.15) is 5.75 Å². The number of carbonyl (C=O) groups excluding carboxylic acids is 1. The highest BCUT2D eigenvalue weighted by Gasteiger charge is 2.43. The van der Waals surface area contributed by atoms with Crippen LogP contribution in [-0.4, -0.2) is 28.5 Å². The lowest BCUT2D eigenvalue weighted by Crippen LogP contribution is -2.38. The normalized spacial score (nSPS) is 26.8. The standard InChI is InChI=1S/C14H17NO2/c16-13-3-1-2-10(8-13)6-7-15-12-5-4-11(9-12)14(15)17/h1-3,8,11-12,16H,4-7,9H2. The number of likely N-dealkylation sites (tertiary alicyclic amines) is 1. The summed E-state index contributed by atoms with van der Waals surface area (Å²) in [7, 11) is 0. The van der Waals surface area contributed by atoms with Crippen LogP contribution in [0, 0.1) is 5.92 Å². The number of nitrogens with zero attached hydrogens (tertiary/aromatic N) is 1. The van der Waals surface area contributed by atoms with Crippen molar-refractivity contribution in [2.24, 2.45) is 5.92 Å². The van der Waals surface area contributed by atoms with Crippen molar-refractivity contribution in [2.75, 3.05) is 6.54 Å². The summed E-state index contributed by atoms with van der Waals surface area (Å²) in [6.07, 6.45) is 4.17. The van der Waals surface area contributed by atoms with Crippen LogP contribution in [0.15, 0.2) is 24.3 Å². The second-order valence-corrected chi connectivity index (χ2v) is 5.12. The second kappa shape index (κ2) is 4.06. The lowest BCUT2D eigenvalue weighted by molar-refractivity contribution is -0.134. The third-order valence-corrected chi connectivity index (χ3v) is 4.03. The summed E-state index contributed by atoms with van der Waals surface area (Å²) in [6, 6.07) is 7.79. The fourth-order valence-electron chi connectivity index (χ4n) is 3.13. The first-order valence-electron chi connectivity index (χ1n) is 6.32. The highest BCUT2D eigenvalue weighted by atomic mass is 16.3. The van der Waals surface area contributed by atoms with Gasteiger partial charge in [-0.25, -0.2) is 0 Å². The van der Waals surface area contributed by atoms with Gasteiger partial charge in [0.05, 0.1) is 0 Å². The highest BCUT2D eigenvalue weighted by Crippen LogP contribution is 2.38. The molecule has 2 unspecified atom stereocenters. The molecule has 1 aromatic rings. The van der Waals surface area contributed by atoms with Gasteiger partial charge in [0.25, 0.3) is 0 Å². The van der Waals surface area contributed by atoms with E-state index >= 15 is 0 Å². The molecule has 1 saturated heterocycles. The van der Waals surface area contributed by atoms with E-state index < -0.39 is 0 Å². The first-order valence-corrected chi connectivity index (χ1v) is 6.32. The number of carbonyl (C=O) groups is 1. The quantitative estimate of drug-likeness (QED) is 0.863. The van der Waals surface area contributed by atoms with Crippen LogP contribution in [0.25, 0.3) is 0 Å². The SMILES string of the molecule is O=C1C2CCC(C2)N1CCc1cccc(O)c1. The van der Waals surface area contributed by atoms with Crippen molar-refractivity contribution >= 4 is 5.91 Å². The molecule has 3 heteroatoms. The van der Waals surface area contributed by atoms with E-state index in [4.69, 9.17) is 0 Å². The number of aromatic hydroxyl groups is 1. The Balaban J connectivity index is 1.63. The molecule has 2 fully saturated rings. The van der Waals surface area contributed by atoms with Gasteiger partial charge in [0, 0.05) is 18.5 Å². The number of amides is 1. The van der Waals surface area contributed by atoms with Gasteiger partial charge in [-0.2, -0.15) is 0 Å². The number of phenols is 1. The van der Waals surface area contributed by atoms with E-state index in [1.54, 1.807) is 12.1 Å². The molecule has 0 spiro atoms. The lowest BCUT2D eigenvalue weighted by Gasteiger charge is -2.27. The Kier molecular flexibility index (Phi) is 2.54. The smallest absolute Gasteiger partial charge is 0.226 e. The average molecular weight is 231 g/mol. The number of phenolic OH excluding ortho intramolecular Hbond substituents is 1. The van der Waals surface area contributed by atoms with E-state index in [0.717, 1.165) is 31.4 Å². The second-order valence-electron chi connectivity index (χ2n) is 5.12. The molecule has 1 N–H and O–H groups in total. The zero-order valence-corrected chi connectivity index (χ0v) is 9.80. The molecular formula is C14H17NO2. The predicted molar refractivity (Wildman–Crippen MR) is 64.7 cm³/mol. The van der Waals surface area contributed by atoms with Gasteiger partial charge >= 0.3 is 0 Å². The first kappa shape index (κ1) is 10.6. The van der Waals surface area contributed by atoms with Crippen molar-refractivity contribution in [1.29, 1.82) is 0 Å². The fourth-order valence-corrected chi connectivity index (χ4v) is 3.13. The molecule has 17 heavy (non-hydrogen) atoms. The predicted octanol–water partition coefficient (Wildman–Crippen LogP) is 1.95. The number of hydrogen-bond donors (Lipinski definition) is 1. The van der Waals surface area contributed by atoms with Crippen LogP contribution in [0.2, 0.25) is 0 Å². The Hall–Kier alpha value is -1.51. The molecule has 1 heterocycles. The van der Waals surface area contributed by atoms with Crippen molar-refractivity contribution in [2.45, 2.75) is 31.7 Å². The third kappa shape index (κ3) is 1.90. The molecule has 3 nitrogen and oxygen atoms in total. The lowest BCUT2D eigenvalue weighted by atomic mass is 10.1. The topological polar surface area (TPSA) is 40.5 Å². The number of hydrogen-bond acceptors (Lipinski definition) is 2. The molecule has 0 aromatic heterocycles. The maximum absolute atomic E-state index is 11.9. The first-order chi connectivity index (χ1) is 8.24. The van der Waals surface area contributed by atoms with Gasteiger partial charge in [0.2, 0.25) is 5.91 Å². The van der Waals surface area contributed by atoms with E-state index in [2.05, 4.69) is 0 Å². The molecule has 2 aliphatic rings. The van der Waals surface area contributed by atoms with E-state index in [1.807, 2.05) is 17.0 Å². The third-order valence-electron chi connectivity index (χ3n) is 4.03. The van der Waals surface area contributed by atoms with E-state index in [-0.39, 0.29) is 0 Å². The summed E-state index contributed by atoms with van der Waals surface area (Å²) < 4.78 is 0. The minimum atomic E-state index is 0.303. The molecule has 2 bridgehead atoms. The van der Waals surface area contributed by atoms with Crippen LogP contribution in [0.4, 0.5) is 0 Å². The zero-order chi connectivity index (χ0) is 11.8. The Bertz CT molecular complexity index is 444. The number of piperidine rings is 1. The van der Waals surface area contributed by atoms with E-state index in [9.17, 15) is 9.90 Å². The highest BCUT2D eigenvalue weighted by molar-refractivity contribution is 5.82. The molecule has 0 radical (unpaired) electrons. The van der Waals surface area contributed by atoms with Crippen LogP contribution in [0.3, 0.4) is 0 Å². The molecule has 90 valence electrons. The largest absolute Gasteiger partial charge is 0.508 e. The summed E-state index contributed by atoms with van der Waals surface area (Å²) in [6.45, 7) is 0.795. The van der Waals surface area contributed by atoms with Gasteiger partial charge < -0.3 is 10.0 Å². The summed E-state index contributed by atoms with van der Waals surface area (Å²) in [5.74, 6) is 0.961. The maximum Gasteiger partial charge on any atom is 0.226 e. The summed E-state index contributed by atoms with van der Waals surface area (Å²) in [5, 5.41) is 9.38. The van der Waals surface area contributed by atoms with Crippen molar-refractivity contribution in [3.63, 3.8) is 0 Å². The van der Waals surface area contributed by atoms with Crippen LogP contribution in [-0.2, 0) is 11.2 Å². The Labute approximate surface area is 101 Å². The average Bonchev–Trinajstić information content (AvgIpc) is 2.88. The molecule has 3 rings (SSSR count). The van der Waals surface area contributed by atoms with Gasteiger partial charge in [0.15, 0.2) is 0 Å². The van der Waals surface area contributed by atoms with Gasteiger partial charge in [-0.15, -0.1) is 0 Å². The van der Waals surface area contributed by atoms with Crippen molar-refractivity contribution in [3.8, 4) is 5.75 Å². The van der Waals surface area contributed by atoms with E-state index in [0.29, 0.717) is 23.6 Å². The van der Waals surface area contributed by atoms with Crippen LogP contribution < -0.4 is 0 Å². The minimum Gasteiger partial charge on any atom is -0.508 e. The molecular weight excluding hydrogens is 214 g/mol. The van der Waals surface area contributed by atoms with Gasteiger partial charge in [-0.1, -0.05) is 12.1 Å². The van der Waals surface area contributed by atoms with Gasteiger partial charge in [-0.05, 0) is 43.4 Å². The summed E-state index contributed by atoms with van der Waals surface area (Å²) in [4.78, 5) is 14.0. The van der Waals surface area contributed by atoms with E-state index in [1.165, 1.54) is 6.42 Å². The molecule has 1 aliphatic heterocycles. The summed E-state index contributed by atoms with van der Waals surface area (Å²) in [5.41, 5.74) is 1.10.